The van der Waals surface area contributed by atoms with Crippen LogP contribution >= 0.6 is 0 Å². The zero-order valence-electron chi connectivity index (χ0n) is 15.5. The van der Waals surface area contributed by atoms with E-state index < -0.39 is 5.97 Å². The van der Waals surface area contributed by atoms with Gasteiger partial charge in [0, 0.05) is 12.0 Å². The molecule has 0 aromatic heterocycles. The molecule has 3 aromatic rings. The Balaban J connectivity index is 1.73. The molecule has 0 aliphatic rings. The lowest BCUT2D eigenvalue weighted by atomic mass is 10.1. The molecule has 0 aliphatic carbocycles. The molecule has 2 heteroatoms. The molecule has 136 valence electrons. The van der Waals surface area contributed by atoms with Crippen molar-refractivity contribution in [3.63, 3.8) is 0 Å². The Kier molecular flexibility index (Phi) is 7.04. The minimum atomic E-state index is -0.404. The van der Waals surface area contributed by atoms with Crippen molar-refractivity contribution in [2.75, 3.05) is 6.61 Å². The molecule has 0 unspecified atom stereocenters. The van der Waals surface area contributed by atoms with E-state index in [4.69, 9.17) is 4.74 Å². The highest BCUT2D eigenvalue weighted by Crippen LogP contribution is 2.10. The molecule has 0 N–H and O–H groups in total. The lowest BCUT2D eigenvalue weighted by molar-refractivity contribution is -0.137. The number of benzene rings is 3. The van der Waals surface area contributed by atoms with E-state index in [2.05, 4.69) is 17.6 Å². The van der Waals surface area contributed by atoms with Crippen LogP contribution in [0.4, 0.5) is 0 Å². The van der Waals surface area contributed by atoms with Gasteiger partial charge in [-0.15, -0.1) is 5.73 Å². The van der Waals surface area contributed by atoms with Crippen molar-refractivity contribution in [2.45, 2.75) is 6.42 Å². The number of hydrogen-bond acceptors (Lipinski definition) is 2. The number of rotatable bonds is 5. The van der Waals surface area contributed by atoms with Crippen LogP contribution in [0.25, 0.3) is 6.08 Å². The molecule has 28 heavy (non-hydrogen) atoms. The highest BCUT2D eigenvalue weighted by molar-refractivity contribution is 5.89. The van der Waals surface area contributed by atoms with Crippen molar-refractivity contribution in [3.05, 3.63) is 119 Å². The van der Waals surface area contributed by atoms with Crippen molar-refractivity contribution < 1.29 is 9.53 Å². The Labute approximate surface area is 165 Å². The zero-order chi connectivity index (χ0) is 19.4. The van der Waals surface area contributed by atoms with Gasteiger partial charge in [0.15, 0.2) is 6.61 Å². The van der Waals surface area contributed by atoms with Crippen molar-refractivity contribution in [1.82, 2.24) is 0 Å². The van der Waals surface area contributed by atoms with Crippen LogP contribution in [-0.4, -0.2) is 12.6 Å². The topological polar surface area (TPSA) is 26.3 Å². The van der Waals surface area contributed by atoms with Gasteiger partial charge in [-0.2, -0.15) is 0 Å². The molecule has 0 radical (unpaired) electrons. The highest BCUT2D eigenvalue weighted by Gasteiger charge is 2.11. The molecule has 0 bridgehead atoms. The second kappa shape index (κ2) is 10.4. The molecule has 0 heterocycles. The van der Waals surface area contributed by atoms with Crippen LogP contribution < -0.4 is 0 Å². The largest absolute Gasteiger partial charge is 0.449 e. The first-order valence-corrected chi connectivity index (χ1v) is 9.07. The summed E-state index contributed by atoms with van der Waals surface area (Å²) in [7, 11) is 0. The summed E-state index contributed by atoms with van der Waals surface area (Å²) in [6, 6.07) is 29.2. The van der Waals surface area contributed by atoms with E-state index in [0.717, 1.165) is 16.7 Å². The van der Waals surface area contributed by atoms with Gasteiger partial charge in [0.05, 0.1) is 5.57 Å². The van der Waals surface area contributed by atoms with E-state index in [0.29, 0.717) is 12.0 Å². The van der Waals surface area contributed by atoms with Crippen LogP contribution in [0.1, 0.15) is 16.7 Å². The first-order valence-electron chi connectivity index (χ1n) is 9.07. The van der Waals surface area contributed by atoms with Gasteiger partial charge in [0.25, 0.3) is 0 Å². The Hall–Kier alpha value is -3.79. The molecule has 2 nitrogen and oxygen atoms in total. The number of ether oxygens (including phenoxy) is 1. The molecule has 0 aliphatic heterocycles. The molecule has 0 fully saturated rings. The van der Waals surface area contributed by atoms with Gasteiger partial charge >= 0.3 is 5.97 Å². The second-order valence-corrected chi connectivity index (χ2v) is 6.08. The van der Waals surface area contributed by atoms with E-state index in [9.17, 15) is 4.79 Å². The van der Waals surface area contributed by atoms with Gasteiger partial charge in [-0.25, -0.2) is 4.79 Å². The van der Waals surface area contributed by atoms with Crippen LogP contribution in [0.15, 0.2) is 102 Å². The first-order chi connectivity index (χ1) is 13.8. The molecular weight excluding hydrogens is 344 g/mol. The van der Waals surface area contributed by atoms with E-state index in [1.807, 2.05) is 91.0 Å². The third-order valence-electron chi connectivity index (χ3n) is 3.96. The van der Waals surface area contributed by atoms with E-state index in [1.165, 1.54) is 0 Å². The highest BCUT2D eigenvalue weighted by atomic mass is 16.5. The summed E-state index contributed by atoms with van der Waals surface area (Å²) in [6.07, 6.45) is 2.25. The minimum Gasteiger partial charge on any atom is -0.449 e. The molecule has 3 rings (SSSR count). The fourth-order valence-electron chi connectivity index (χ4n) is 2.55. The maximum Gasteiger partial charge on any atom is 0.343 e. The molecule has 0 amide bonds. The Morgan fingerprint density at radius 1 is 0.821 bits per heavy atom. The summed E-state index contributed by atoms with van der Waals surface area (Å²) < 4.78 is 5.35. The molecule has 3 aromatic carbocycles. The van der Waals surface area contributed by atoms with Crippen LogP contribution in [0.3, 0.4) is 0 Å². The van der Waals surface area contributed by atoms with E-state index in [-0.39, 0.29) is 6.61 Å². The third kappa shape index (κ3) is 6.18. The van der Waals surface area contributed by atoms with Crippen molar-refractivity contribution >= 4 is 12.0 Å². The maximum absolute atomic E-state index is 12.6. The van der Waals surface area contributed by atoms with Crippen LogP contribution in [-0.2, 0) is 16.0 Å². The Morgan fingerprint density at radius 2 is 1.43 bits per heavy atom. The van der Waals surface area contributed by atoms with Gasteiger partial charge in [-0.1, -0.05) is 90.7 Å². The van der Waals surface area contributed by atoms with Crippen molar-refractivity contribution in [1.29, 1.82) is 0 Å². The quantitative estimate of drug-likeness (QED) is 0.274. The van der Waals surface area contributed by atoms with E-state index >= 15 is 0 Å². The monoisotopic (exact) mass is 364 g/mol. The Morgan fingerprint density at radius 3 is 2.11 bits per heavy atom. The summed E-state index contributed by atoms with van der Waals surface area (Å²) in [5.41, 5.74) is 6.48. The van der Waals surface area contributed by atoms with Gasteiger partial charge in [0.1, 0.15) is 0 Å². The standard InChI is InChI=1S/C26H20O2/c27-26(28-20-10-17-22-11-4-1-5-12-22)25(21-24-15-8-3-9-16-24)19-18-23-13-6-2-7-14-23/h1-9,11-16,18H,20-21H2. The second-order valence-electron chi connectivity index (χ2n) is 6.08. The summed E-state index contributed by atoms with van der Waals surface area (Å²) in [5.74, 6) is 5.46. The maximum atomic E-state index is 12.6. The molecule has 0 saturated carbocycles. The fraction of sp³-hybridized carbons (Fsp3) is 0.0769. The summed E-state index contributed by atoms with van der Waals surface area (Å²) in [4.78, 5) is 12.6. The smallest absolute Gasteiger partial charge is 0.343 e. The first kappa shape index (κ1) is 19.0. The number of carbonyl (C=O) groups is 1. The van der Waals surface area contributed by atoms with Crippen molar-refractivity contribution in [2.24, 2.45) is 0 Å². The summed E-state index contributed by atoms with van der Waals surface area (Å²) >= 11 is 0. The summed E-state index contributed by atoms with van der Waals surface area (Å²) in [5, 5.41) is 0. The number of carbonyl (C=O) groups excluding carboxylic acids is 1. The number of hydrogen-bond donors (Lipinski definition) is 0. The normalized spacial score (nSPS) is 9.43. The molecule has 0 saturated heterocycles. The van der Waals surface area contributed by atoms with Crippen LogP contribution in [0.5, 0.6) is 0 Å². The van der Waals surface area contributed by atoms with Crippen LogP contribution in [0, 0.1) is 11.8 Å². The SMILES string of the molecule is O=C(OCC#Cc1ccccc1)C(=C=Cc1ccccc1)Cc1ccccc1. The minimum absolute atomic E-state index is 0.0407. The number of esters is 1. The lowest BCUT2D eigenvalue weighted by Gasteiger charge is -2.04. The molecule has 0 atom stereocenters. The predicted molar refractivity (Wildman–Crippen MR) is 112 cm³/mol. The molecular formula is C26H20O2. The average molecular weight is 364 g/mol. The van der Waals surface area contributed by atoms with Crippen LogP contribution in [0.2, 0.25) is 0 Å². The fourth-order valence-corrected chi connectivity index (χ4v) is 2.55. The zero-order valence-corrected chi connectivity index (χ0v) is 15.5. The van der Waals surface area contributed by atoms with Gasteiger partial charge in [-0.05, 0) is 29.3 Å². The average Bonchev–Trinajstić information content (AvgIpc) is 2.76. The predicted octanol–water partition coefficient (Wildman–Crippen LogP) is 5.06. The Bertz CT molecular complexity index is 1020. The van der Waals surface area contributed by atoms with Gasteiger partial charge in [-0.3, -0.25) is 0 Å². The van der Waals surface area contributed by atoms with Crippen molar-refractivity contribution in [3.8, 4) is 11.8 Å². The van der Waals surface area contributed by atoms with Gasteiger partial charge < -0.3 is 4.74 Å². The van der Waals surface area contributed by atoms with Gasteiger partial charge in [0.2, 0.25) is 0 Å². The summed E-state index contributed by atoms with van der Waals surface area (Å²) in [6.45, 7) is 0.0407. The third-order valence-corrected chi connectivity index (χ3v) is 3.96. The van der Waals surface area contributed by atoms with E-state index in [1.54, 1.807) is 6.08 Å². The molecule has 0 spiro atoms. The lowest BCUT2D eigenvalue weighted by Crippen LogP contribution is -2.09.